The molecule has 2 aromatic rings. The minimum Gasteiger partial charge on any atom is -0.507 e. The Labute approximate surface area is 99.7 Å². The SMILES string of the molecule is CCOc1cc2c(O)cc(I)cc2s1. The summed E-state index contributed by atoms with van der Waals surface area (Å²) in [5.74, 6) is 0.328. The molecule has 0 saturated heterocycles. The molecule has 4 heteroatoms. The molecule has 2 rings (SSSR count). The predicted molar refractivity (Wildman–Crippen MR) is 67.4 cm³/mol. The maximum absolute atomic E-state index is 9.68. The van der Waals surface area contributed by atoms with Crippen LogP contribution in [0.2, 0.25) is 0 Å². The molecule has 0 aliphatic rings. The second kappa shape index (κ2) is 3.94. The van der Waals surface area contributed by atoms with Gasteiger partial charge in [-0.15, -0.1) is 0 Å². The molecule has 0 radical (unpaired) electrons. The molecule has 0 fully saturated rings. The molecule has 14 heavy (non-hydrogen) atoms. The summed E-state index contributed by atoms with van der Waals surface area (Å²) in [6, 6.07) is 5.68. The van der Waals surface area contributed by atoms with Gasteiger partial charge in [-0.05, 0) is 41.6 Å². The van der Waals surface area contributed by atoms with E-state index in [9.17, 15) is 5.11 Å². The first kappa shape index (κ1) is 10.0. The van der Waals surface area contributed by atoms with Gasteiger partial charge in [0.1, 0.15) is 5.75 Å². The molecular formula is C10H9IO2S. The van der Waals surface area contributed by atoms with Gasteiger partial charge in [0, 0.05) is 19.7 Å². The van der Waals surface area contributed by atoms with Crippen LogP contribution in [0.3, 0.4) is 0 Å². The van der Waals surface area contributed by atoms with Crippen molar-refractivity contribution in [3.05, 3.63) is 21.8 Å². The van der Waals surface area contributed by atoms with Crippen LogP contribution < -0.4 is 4.74 Å². The van der Waals surface area contributed by atoms with Crippen molar-refractivity contribution in [3.63, 3.8) is 0 Å². The summed E-state index contributed by atoms with van der Waals surface area (Å²) in [7, 11) is 0. The third kappa shape index (κ3) is 1.81. The van der Waals surface area contributed by atoms with Gasteiger partial charge in [-0.25, -0.2) is 0 Å². The number of hydrogen-bond acceptors (Lipinski definition) is 3. The van der Waals surface area contributed by atoms with Gasteiger partial charge in [-0.2, -0.15) is 0 Å². The summed E-state index contributed by atoms with van der Waals surface area (Å²) in [6.07, 6.45) is 0. The molecule has 0 amide bonds. The van der Waals surface area contributed by atoms with E-state index in [4.69, 9.17) is 4.74 Å². The second-order valence-electron chi connectivity index (χ2n) is 2.84. The minimum absolute atomic E-state index is 0.328. The van der Waals surface area contributed by atoms with E-state index < -0.39 is 0 Å². The van der Waals surface area contributed by atoms with Crippen LogP contribution in [0.5, 0.6) is 10.8 Å². The highest BCUT2D eigenvalue weighted by molar-refractivity contribution is 14.1. The maximum atomic E-state index is 9.68. The Kier molecular flexibility index (Phi) is 2.83. The van der Waals surface area contributed by atoms with E-state index in [1.165, 1.54) is 0 Å². The van der Waals surface area contributed by atoms with Crippen LogP contribution in [0, 0.1) is 3.57 Å². The molecule has 0 aliphatic carbocycles. The van der Waals surface area contributed by atoms with Crippen molar-refractivity contribution in [2.75, 3.05) is 6.61 Å². The van der Waals surface area contributed by atoms with Gasteiger partial charge >= 0.3 is 0 Å². The fourth-order valence-corrected chi connectivity index (χ4v) is 3.13. The Morgan fingerprint density at radius 2 is 2.21 bits per heavy atom. The molecular weight excluding hydrogens is 311 g/mol. The zero-order valence-corrected chi connectivity index (χ0v) is 10.6. The summed E-state index contributed by atoms with van der Waals surface area (Å²) in [6.45, 7) is 2.61. The van der Waals surface area contributed by atoms with Crippen LogP contribution in [0.4, 0.5) is 0 Å². The van der Waals surface area contributed by atoms with Crippen LogP contribution in [0.25, 0.3) is 10.1 Å². The molecule has 74 valence electrons. The maximum Gasteiger partial charge on any atom is 0.175 e. The lowest BCUT2D eigenvalue weighted by atomic mass is 10.2. The Morgan fingerprint density at radius 1 is 1.43 bits per heavy atom. The molecule has 1 aromatic carbocycles. The van der Waals surface area contributed by atoms with Crippen LogP contribution in [0.15, 0.2) is 18.2 Å². The first-order valence-electron chi connectivity index (χ1n) is 4.25. The number of rotatable bonds is 2. The molecule has 1 aromatic heterocycles. The number of ether oxygens (including phenoxy) is 1. The number of fused-ring (bicyclic) bond motifs is 1. The molecule has 0 aliphatic heterocycles. The van der Waals surface area contributed by atoms with E-state index >= 15 is 0 Å². The van der Waals surface area contributed by atoms with Gasteiger partial charge in [0.2, 0.25) is 0 Å². The van der Waals surface area contributed by atoms with Crippen LogP contribution in [0.1, 0.15) is 6.92 Å². The zero-order valence-electron chi connectivity index (χ0n) is 7.58. The topological polar surface area (TPSA) is 29.5 Å². The average molecular weight is 320 g/mol. The highest BCUT2D eigenvalue weighted by Gasteiger charge is 2.07. The Hall–Kier alpha value is -0.490. The number of halogens is 1. The third-order valence-corrected chi connectivity index (χ3v) is 3.46. The van der Waals surface area contributed by atoms with E-state index in [2.05, 4.69) is 22.6 Å². The summed E-state index contributed by atoms with van der Waals surface area (Å²) < 4.78 is 7.50. The van der Waals surface area contributed by atoms with Crippen molar-refractivity contribution >= 4 is 44.0 Å². The monoisotopic (exact) mass is 320 g/mol. The third-order valence-electron chi connectivity index (χ3n) is 1.84. The van der Waals surface area contributed by atoms with E-state index in [1.807, 2.05) is 19.1 Å². The molecule has 1 heterocycles. The molecule has 0 saturated carbocycles. The fourth-order valence-electron chi connectivity index (χ4n) is 1.28. The number of hydrogen-bond donors (Lipinski definition) is 1. The first-order valence-corrected chi connectivity index (χ1v) is 6.15. The number of benzene rings is 1. The van der Waals surface area contributed by atoms with Crippen molar-refractivity contribution in [1.29, 1.82) is 0 Å². The fraction of sp³-hybridized carbons (Fsp3) is 0.200. The van der Waals surface area contributed by atoms with Crippen molar-refractivity contribution in [2.45, 2.75) is 6.92 Å². The van der Waals surface area contributed by atoms with Gasteiger partial charge in [0.15, 0.2) is 5.06 Å². The van der Waals surface area contributed by atoms with Gasteiger partial charge in [-0.3, -0.25) is 0 Å². The zero-order chi connectivity index (χ0) is 10.1. The van der Waals surface area contributed by atoms with E-state index in [-0.39, 0.29) is 0 Å². The van der Waals surface area contributed by atoms with Crippen LogP contribution >= 0.6 is 33.9 Å². The molecule has 0 bridgehead atoms. The summed E-state index contributed by atoms with van der Waals surface area (Å²) in [5.41, 5.74) is 0. The first-order chi connectivity index (χ1) is 6.70. The Bertz CT molecular complexity index is 464. The smallest absolute Gasteiger partial charge is 0.175 e. The van der Waals surface area contributed by atoms with E-state index in [0.29, 0.717) is 12.4 Å². The molecule has 0 spiro atoms. The largest absolute Gasteiger partial charge is 0.507 e. The summed E-state index contributed by atoms with van der Waals surface area (Å²) in [4.78, 5) is 0. The van der Waals surface area contributed by atoms with Crippen molar-refractivity contribution in [1.82, 2.24) is 0 Å². The van der Waals surface area contributed by atoms with Crippen LogP contribution in [-0.2, 0) is 0 Å². The lowest BCUT2D eigenvalue weighted by Gasteiger charge is -1.94. The van der Waals surface area contributed by atoms with Crippen molar-refractivity contribution in [2.24, 2.45) is 0 Å². The molecule has 0 atom stereocenters. The number of aromatic hydroxyl groups is 1. The average Bonchev–Trinajstić information content (AvgIpc) is 2.48. The molecule has 1 N–H and O–H groups in total. The minimum atomic E-state index is 0.328. The lowest BCUT2D eigenvalue weighted by Crippen LogP contribution is -1.86. The number of phenolic OH excluding ortho intramolecular Hbond substituents is 1. The summed E-state index contributed by atoms with van der Waals surface area (Å²) in [5, 5.41) is 11.4. The van der Waals surface area contributed by atoms with Gasteiger partial charge in [0.05, 0.1) is 6.61 Å². The molecule has 2 nitrogen and oxygen atoms in total. The number of phenols is 1. The Morgan fingerprint density at radius 3 is 2.93 bits per heavy atom. The quantitative estimate of drug-likeness (QED) is 0.857. The highest BCUT2D eigenvalue weighted by atomic mass is 127. The number of thiophene rings is 1. The van der Waals surface area contributed by atoms with E-state index in [1.54, 1.807) is 17.4 Å². The highest BCUT2D eigenvalue weighted by Crippen LogP contribution is 2.37. The van der Waals surface area contributed by atoms with Gasteiger partial charge in [0.25, 0.3) is 0 Å². The van der Waals surface area contributed by atoms with Gasteiger partial charge in [-0.1, -0.05) is 11.3 Å². The Balaban J connectivity index is 2.58. The lowest BCUT2D eigenvalue weighted by molar-refractivity contribution is 0.350. The molecule has 0 unspecified atom stereocenters. The van der Waals surface area contributed by atoms with Gasteiger partial charge < -0.3 is 9.84 Å². The predicted octanol–water partition coefficient (Wildman–Crippen LogP) is 3.61. The normalized spacial score (nSPS) is 10.7. The standard InChI is InChI=1S/C10H9IO2S/c1-2-13-10-5-7-8(12)3-6(11)4-9(7)14-10/h3-5,12H,2H2,1H3. The van der Waals surface area contributed by atoms with Crippen molar-refractivity contribution < 1.29 is 9.84 Å². The van der Waals surface area contributed by atoms with Crippen molar-refractivity contribution in [3.8, 4) is 10.8 Å². The summed E-state index contributed by atoms with van der Waals surface area (Å²) >= 11 is 3.75. The second-order valence-corrected chi connectivity index (χ2v) is 5.13. The van der Waals surface area contributed by atoms with Crippen LogP contribution in [-0.4, -0.2) is 11.7 Å². The van der Waals surface area contributed by atoms with E-state index in [0.717, 1.165) is 18.7 Å².